The second-order valence-electron chi connectivity index (χ2n) is 3.02. The third kappa shape index (κ3) is 2.70. The summed E-state index contributed by atoms with van der Waals surface area (Å²) in [5, 5.41) is 10.7. The van der Waals surface area contributed by atoms with Crippen LogP contribution in [0.5, 0.6) is 0 Å². The number of rotatable bonds is 3. The minimum atomic E-state index is 0.486. The lowest BCUT2D eigenvalue weighted by Crippen LogP contribution is -2.03. The van der Waals surface area contributed by atoms with E-state index in [2.05, 4.69) is 21.2 Å². The van der Waals surface area contributed by atoms with E-state index in [1.165, 1.54) is 5.56 Å². The zero-order chi connectivity index (χ0) is 10.6. The molecule has 3 heteroatoms. The monoisotopic (exact) mass is 252 g/mol. The Kier molecular flexibility index (Phi) is 3.89. The first-order valence-electron chi connectivity index (χ1n) is 4.34. The summed E-state index contributed by atoms with van der Waals surface area (Å²) >= 11 is 3.33. The van der Waals surface area contributed by atoms with Gasteiger partial charge in [-0.2, -0.15) is 0 Å². The number of halogens is 1. The summed E-state index contributed by atoms with van der Waals surface area (Å²) in [6.45, 7) is 2.03. The number of aryl methyl sites for hydroxylation is 1. The maximum atomic E-state index is 7.85. The van der Waals surface area contributed by atoms with Crippen LogP contribution in [0.3, 0.4) is 0 Å². The van der Waals surface area contributed by atoms with Crippen molar-refractivity contribution in [1.82, 2.24) is 5.32 Å². The van der Waals surface area contributed by atoms with E-state index < -0.39 is 0 Å². The standard InChI is InChI=1S/C11H13BrN2/c1-8-3-5-9(6-4-8)11(13)10(12)7-14-2/h3-7,13-14H,1-2H3/b10-7+,13-11?. The molecule has 0 radical (unpaired) electrons. The summed E-state index contributed by atoms with van der Waals surface area (Å²) in [7, 11) is 1.81. The van der Waals surface area contributed by atoms with E-state index in [0.29, 0.717) is 5.71 Å². The third-order valence-electron chi connectivity index (χ3n) is 1.85. The van der Waals surface area contributed by atoms with Gasteiger partial charge in [-0.25, -0.2) is 0 Å². The Morgan fingerprint density at radius 1 is 1.36 bits per heavy atom. The molecule has 1 aromatic carbocycles. The van der Waals surface area contributed by atoms with Gasteiger partial charge in [0, 0.05) is 18.8 Å². The molecule has 1 aromatic rings. The molecule has 1 rings (SSSR count). The fourth-order valence-corrected chi connectivity index (χ4v) is 1.51. The van der Waals surface area contributed by atoms with E-state index in [4.69, 9.17) is 5.41 Å². The summed E-state index contributed by atoms with van der Waals surface area (Å²) in [6, 6.07) is 7.90. The molecule has 0 heterocycles. The maximum Gasteiger partial charge on any atom is 0.0768 e. The molecule has 0 aliphatic carbocycles. The maximum absolute atomic E-state index is 7.85. The van der Waals surface area contributed by atoms with Gasteiger partial charge in [0.2, 0.25) is 0 Å². The molecule has 0 bridgehead atoms. The molecule has 14 heavy (non-hydrogen) atoms. The Morgan fingerprint density at radius 3 is 2.43 bits per heavy atom. The lowest BCUT2D eigenvalue weighted by atomic mass is 10.1. The first kappa shape index (κ1) is 11.0. The van der Waals surface area contributed by atoms with Gasteiger partial charge in [0.1, 0.15) is 0 Å². The molecule has 0 saturated heterocycles. The van der Waals surface area contributed by atoms with Crippen molar-refractivity contribution in [2.24, 2.45) is 0 Å². The highest BCUT2D eigenvalue weighted by molar-refractivity contribution is 9.12. The van der Waals surface area contributed by atoms with Crippen LogP contribution < -0.4 is 5.32 Å². The first-order chi connectivity index (χ1) is 6.65. The quantitative estimate of drug-likeness (QED) is 0.798. The van der Waals surface area contributed by atoms with Crippen molar-refractivity contribution in [1.29, 1.82) is 5.41 Å². The molecule has 0 saturated carbocycles. The SMILES string of the molecule is CN/C=C(/Br)C(=N)c1ccc(C)cc1. The van der Waals surface area contributed by atoms with Gasteiger partial charge in [-0.3, -0.25) is 5.41 Å². The highest BCUT2D eigenvalue weighted by Crippen LogP contribution is 2.13. The van der Waals surface area contributed by atoms with E-state index in [-0.39, 0.29) is 0 Å². The van der Waals surface area contributed by atoms with Gasteiger partial charge in [-0.1, -0.05) is 29.8 Å². The number of benzene rings is 1. The third-order valence-corrected chi connectivity index (χ3v) is 2.48. The van der Waals surface area contributed by atoms with Crippen LogP contribution in [0.2, 0.25) is 0 Å². The van der Waals surface area contributed by atoms with Crippen molar-refractivity contribution in [3.63, 3.8) is 0 Å². The van der Waals surface area contributed by atoms with Gasteiger partial charge in [-0.05, 0) is 22.9 Å². The highest BCUT2D eigenvalue weighted by Gasteiger charge is 2.03. The van der Waals surface area contributed by atoms with Gasteiger partial charge in [0.15, 0.2) is 0 Å². The molecule has 0 spiro atoms. The minimum absolute atomic E-state index is 0.486. The van der Waals surface area contributed by atoms with Crippen LogP contribution in [0.1, 0.15) is 11.1 Å². The molecule has 74 valence electrons. The van der Waals surface area contributed by atoms with Crippen LogP contribution in [-0.2, 0) is 0 Å². The van der Waals surface area contributed by atoms with E-state index >= 15 is 0 Å². The smallest absolute Gasteiger partial charge is 0.0768 e. The molecule has 0 amide bonds. The predicted octanol–water partition coefficient (Wildman–Crippen LogP) is 2.82. The molecule has 0 aliphatic heterocycles. The Labute approximate surface area is 92.7 Å². The van der Waals surface area contributed by atoms with Crippen LogP contribution in [0.15, 0.2) is 34.9 Å². The van der Waals surface area contributed by atoms with Crippen molar-refractivity contribution < 1.29 is 0 Å². The van der Waals surface area contributed by atoms with Gasteiger partial charge in [0.05, 0.1) is 10.2 Å². The van der Waals surface area contributed by atoms with Gasteiger partial charge < -0.3 is 5.32 Å². The molecule has 2 nitrogen and oxygen atoms in total. The lowest BCUT2D eigenvalue weighted by molar-refractivity contribution is 1.10. The van der Waals surface area contributed by atoms with E-state index in [0.717, 1.165) is 10.0 Å². The first-order valence-corrected chi connectivity index (χ1v) is 5.13. The number of allylic oxidation sites excluding steroid dienone is 1. The molecule has 0 fully saturated rings. The minimum Gasteiger partial charge on any atom is -0.393 e. The second kappa shape index (κ2) is 4.96. The zero-order valence-electron chi connectivity index (χ0n) is 8.26. The van der Waals surface area contributed by atoms with Crippen molar-refractivity contribution in [2.45, 2.75) is 6.92 Å². The average Bonchev–Trinajstić information content (AvgIpc) is 2.18. The zero-order valence-corrected chi connectivity index (χ0v) is 9.85. The van der Waals surface area contributed by atoms with Gasteiger partial charge in [-0.15, -0.1) is 0 Å². The largest absolute Gasteiger partial charge is 0.393 e. The van der Waals surface area contributed by atoms with E-state index in [1.54, 1.807) is 6.20 Å². The van der Waals surface area contributed by atoms with Gasteiger partial charge in [0.25, 0.3) is 0 Å². The fraction of sp³-hybridized carbons (Fsp3) is 0.182. The topological polar surface area (TPSA) is 35.9 Å². The van der Waals surface area contributed by atoms with Crippen LogP contribution in [0.4, 0.5) is 0 Å². The average molecular weight is 253 g/mol. The number of hydrogen-bond acceptors (Lipinski definition) is 2. The summed E-state index contributed by atoms with van der Waals surface area (Å²) in [4.78, 5) is 0. The Bertz CT molecular complexity index is 352. The van der Waals surface area contributed by atoms with Crippen LogP contribution in [0, 0.1) is 12.3 Å². The molecule has 2 N–H and O–H groups in total. The van der Waals surface area contributed by atoms with Crippen molar-refractivity contribution in [2.75, 3.05) is 7.05 Å². The van der Waals surface area contributed by atoms with E-state index in [1.807, 2.05) is 38.2 Å². The lowest BCUT2D eigenvalue weighted by Gasteiger charge is -2.03. The van der Waals surface area contributed by atoms with Crippen molar-refractivity contribution in [3.8, 4) is 0 Å². The number of hydrogen-bond donors (Lipinski definition) is 2. The Balaban J connectivity index is 2.90. The van der Waals surface area contributed by atoms with Gasteiger partial charge >= 0.3 is 0 Å². The van der Waals surface area contributed by atoms with Crippen molar-refractivity contribution >= 4 is 21.6 Å². The van der Waals surface area contributed by atoms with Crippen LogP contribution in [0.25, 0.3) is 0 Å². The molecular formula is C11H13BrN2. The van der Waals surface area contributed by atoms with Crippen LogP contribution in [-0.4, -0.2) is 12.8 Å². The summed E-state index contributed by atoms with van der Waals surface area (Å²) in [6.07, 6.45) is 1.75. The van der Waals surface area contributed by atoms with E-state index in [9.17, 15) is 0 Å². The molecule has 0 aliphatic rings. The summed E-state index contributed by atoms with van der Waals surface area (Å²) < 4.78 is 0.754. The summed E-state index contributed by atoms with van der Waals surface area (Å²) in [5.74, 6) is 0. The molecule has 0 unspecified atom stereocenters. The predicted molar refractivity (Wildman–Crippen MR) is 64.1 cm³/mol. The Morgan fingerprint density at radius 2 is 1.93 bits per heavy atom. The fourth-order valence-electron chi connectivity index (χ4n) is 1.06. The summed E-state index contributed by atoms with van der Waals surface area (Å²) in [5.41, 5.74) is 2.60. The molecule has 0 aromatic heterocycles. The van der Waals surface area contributed by atoms with Crippen LogP contribution >= 0.6 is 15.9 Å². The molecule has 0 atom stereocenters. The Hall–Kier alpha value is -1.09. The second-order valence-corrected chi connectivity index (χ2v) is 3.88. The molecular weight excluding hydrogens is 240 g/mol. The highest BCUT2D eigenvalue weighted by atomic mass is 79.9. The van der Waals surface area contributed by atoms with Crippen molar-refractivity contribution in [3.05, 3.63) is 46.1 Å². The number of nitrogens with one attached hydrogen (secondary N) is 2. The normalized spacial score (nSPS) is 11.2.